The van der Waals surface area contributed by atoms with E-state index < -0.39 is 4.33 Å². The average Bonchev–Trinajstić information content (AvgIpc) is 3.10. The first-order valence-electron chi connectivity index (χ1n) is 6.60. The molecule has 1 heterocycles. The first kappa shape index (κ1) is 14.4. The molecule has 2 amide bonds. The largest absolute Gasteiger partial charge is 0.326 e. The van der Waals surface area contributed by atoms with Gasteiger partial charge in [0.15, 0.2) is 0 Å². The number of halogens is 2. The molecule has 1 fully saturated rings. The number of amides is 2. The van der Waals surface area contributed by atoms with Crippen LogP contribution in [0.4, 0.5) is 5.69 Å². The number of carbonyl (C=O) groups is 2. The molecule has 0 saturated heterocycles. The molecule has 1 aliphatic heterocycles. The Labute approximate surface area is 131 Å². The van der Waals surface area contributed by atoms with Crippen molar-refractivity contribution in [1.29, 1.82) is 0 Å². The highest BCUT2D eigenvalue weighted by Crippen LogP contribution is 2.53. The van der Waals surface area contributed by atoms with Crippen LogP contribution >= 0.6 is 23.2 Å². The number of hydrazone groups is 1. The summed E-state index contributed by atoms with van der Waals surface area (Å²) in [6.07, 6.45) is 1.53. The van der Waals surface area contributed by atoms with E-state index in [1.807, 2.05) is 12.1 Å². The number of nitrogens with zero attached hydrogens (tertiary/aromatic N) is 1. The van der Waals surface area contributed by atoms with Gasteiger partial charge in [-0.2, -0.15) is 5.10 Å². The zero-order valence-electron chi connectivity index (χ0n) is 11.0. The van der Waals surface area contributed by atoms with Gasteiger partial charge in [-0.05, 0) is 24.1 Å². The summed E-state index contributed by atoms with van der Waals surface area (Å²) in [5, 5.41) is 6.80. The van der Waals surface area contributed by atoms with Gasteiger partial charge in [0, 0.05) is 18.5 Å². The molecule has 0 aromatic heterocycles. The third-order valence-corrected chi connectivity index (χ3v) is 4.37. The number of anilines is 1. The van der Waals surface area contributed by atoms with Crippen molar-refractivity contribution < 1.29 is 9.59 Å². The van der Waals surface area contributed by atoms with E-state index in [1.165, 1.54) is 0 Å². The molecule has 5 nitrogen and oxygen atoms in total. The van der Waals surface area contributed by atoms with Gasteiger partial charge in [0.25, 0.3) is 0 Å². The number of benzene rings is 1. The van der Waals surface area contributed by atoms with Crippen LogP contribution in [-0.2, 0) is 9.59 Å². The van der Waals surface area contributed by atoms with E-state index in [-0.39, 0.29) is 17.7 Å². The smallest absolute Gasteiger partial charge is 0.240 e. The average molecular weight is 326 g/mol. The lowest BCUT2D eigenvalue weighted by atomic mass is 10.0. The summed E-state index contributed by atoms with van der Waals surface area (Å²) < 4.78 is -0.918. The Morgan fingerprint density at radius 3 is 2.48 bits per heavy atom. The maximum Gasteiger partial charge on any atom is 0.240 e. The fraction of sp³-hybridized carbons (Fsp3) is 0.357. The van der Waals surface area contributed by atoms with Gasteiger partial charge in [-0.3, -0.25) is 9.59 Å². The molecule has 1 saturated carbocycles. The zero-order chi connectivity index (χ0) is 15.0. The Hall–Kier alpha value is -1.59. The number of alkyl halides is 2. The van der Waals surface area contributed by atoms with Crippen molar-refractivity contribution in [3.63, 3.8) is 0 Å². The molecular weight excluding hydrogens is 313 g/mol. The van der Waals surface area contributed by atoms with Crippen LogP contribution in [0.3, 0.4) is 0 Å². The van der Waals surface area contributed by atoms with Crippen molar-refractivity contribution in [3.8, 4) is 0 Å². The maximum absolute atomic E-state index is 11.9. The SMILES string of the molecule is O=C1CCC(c2ccc(NC(=O)C3CC3(Cl)Cl)cc2)=NN1. The standard InChI is InChI=1S/C14H13Cl2N3O2/c15-14(16)7-10(14)13(21)17-9-3-1-8(2-4-9)11-5-6-12(20)19-18-11/h1-4,10H,5-7H2,(H,17,21)(H,19,20). The number of nitrogens with one attached hydrogen (secondary N) is 2. The first-order valence-corrected chi connectivity index (χ1v) is 7.36. The molecule has 0 radical (unpaired) electrons. The van der Waals surface area contributed by atoms with E-state index in [1.54, 1.807) is 12.1 Å². The van der Waals surface area contributed by atoms with E-state index >= 15 is 0 Å². The second-order valence-electron chi connectivity index (χ2n) is 5.18. The summed E-state index contributed by atoms with van der Waals surface area (Å²) >= 11 is 11.7. The summed E-state index contributed by atoms with van der Waals surface area (Å²) in [5.41, 5.74) is 4.89. The lowest BCUT2D eigenvalue weighted by Gasteiger charge is -2.12. The Balaban J connectivity index is 1.65. The fourth-order valence-corrected chi connectivity index (χ4v) is 2.66. The molecule has 7 heteroatoms. The number of rotatable bonds is 3. The molecule has 1 atom stereocenters. The molecule has 1 aromatic carbocycles. The quantitative estimate of drug-likeness (QED) is 0.838. The molecule has 0 bridgehead atoms. The summed E-state index contributed by atoms with van der Waals surface area (Å²) in [6, 6.07) is 7.29. The van der Waals surface area contributed by atoms with Gasteiger partial charge in [-0.15, -0.1) is 23.2 Å². The molecule has 1 unspecified atom stereocenters. The fourth-order valence-electron chi connectivity index (χ4n) is 2.16. The summed E-state index contributed by atoms with van der Waals surface area (Å²) in [7, 11) is 0. The van der Waals surface area contributed by atoms with E-state index in [4.69, 9.17) is 23.2 Å². The van der Waals surface area contributed by atoms with Gasteiger partial charge in [0.2, 0.25) is 11.8 Å². The molecule has 3 rings (SSSR count). The maximum atomic E-state index is 11.9. The van der Waals surface area contributed by atoms with Crippen molar-refractivity contribution in [1.82, 2.24) is 5.43 Å². The Morgan fingerprint density at radius 1 is 1.29 bits per heavy atom. The molecular formula is C14H13Cl2N3O2. The van der Waals surface area contributed by atoms with Crippen LogP contribution in [-0.4, -0.2) is 21.9 Å². The minimum Gasteiger partial charge on any atom is -0.326 e. The summed E-state index contributed by atoms with van der Waals surface area (Å²) in [5.74, 6) is -0.592. The predicted octanol–water partition coefficient (Wildman–Crippen LogP) is 2.43. The molecule has 1 aromatic rings. The second kappa shape index (κ2) is 5.31. The molecule has 0 spiro atoms. The third kappa shape index (κ3) is 3.19. The van der Waals surface area contributed by atoms with Gasteiger partial charge in [0.05, 0.1) is 11.6 Å². The van der Waals surface area contributed by atoms with Gasteiger partial charge < -0.3 is 5.32 Å². The van der Waals surface area contributed by atoms with Crippen LogP contribution in [0, 0.1) is 5.92 Å². The van der Waals surface area contributed by atoms with Crippen molar-refractivity contribution in [2.24, 2.45) is 11.0 Å². The molecule has 1 aliphatic carbocycles. The number of hydrogen-bond acceptors (Lipinski definition) is 3. The lowest BCUT2D eigenvalue weighted by Crippen LogP contribution is -2.25. The highest BCUT2D eigenvalue weighted by Gasteiger charge is 2.56. The van der Waals surface area contributed by atoms with Crippen molar-refractivity contribution in [3.05, 3.63) is 29.8 Å². The summed E-state index contributed by atoms with van der Waals surface area (Å²) in [4.78, 5) is 22.9. The first-order chi connectivity index (χ1) is 9.95. The lowest BCUT2D eigenvalue weighted by molar-refractivity contribution is -0.121. The third-order valence-electron chi connectivity index (χ3n) is 3.53. The summed E-state index contributed by atoms with van der Waals surface area (Å²) in [6.45, 7) is 0. The highest BCUT2D eigenvalue weighted by atomic mass is 35.5. The molecule has 110 valence electrons. The predicted molar refractivity (Wildman–Crippen MR) is 81.5 cm³/mol. The van der Waals surface area contributed by atoms with E-state index in [2.05, 4.69) is 15.8 Å². The van der Waals surface area contributed by atoms with Crippen LogP contribution in [0.2, 0.25) is 0 Å². The Bertz CT molecular complexity index is 626. The van der Waals surface area contributed by atoms with Crippen LogP contribution in [0.1, 0.15) is 24.8 Å². The molecule has 2 aliphatic rings. The number of hydrogen-bond donors (Lipinski definition) is 2. The highest BCUT2D eigenvalue weighted by molar-refractivity contribution is 6.52. The Morgan fingerprint density at radius 2 is 1.95 bits per heavy atom. The van der Waals surface area contributed by atoms with Crippen LogP contribution in [0.5, 0.6) is 0 Å². The monoisotopic (exact) mass is 325 g/mol. The number of carbonyl (C=O) groups excluding carboxylic acids is 2. The van der Waals surface area contributed by atoms with Crippen LogP contribution in [0.15, 0.2) is 29.4 Å². The van der Waals surface area contributed by atoms with Gasteiger partial charge in [-0.1, -0.05) is 12.1 Å². The zero-order valence-corrected chi connectivity index (χ0v) is 12.5. The minimum absolute atomic E-state index is 0.0716. The van der Waals surface area contributed by atoms with Crippen LogP contribution < -0.4 is 10.7 Å². The van der Waals surface area contributed by atoms with Gasteiger partial charge in [-0.25, -0.2) is 5.43 Å². The van der Waals surface area contributed by atoms with E-state index in [0.717, 1.165) is 11.3 Å². The molecule has 2 N–H and O–H groups in total. The Kier molecular flexibility index (Phi) is 3.63. The van der Waals surface area contributed by atoms with Gasteiger partial charge in [0.1, 0.15) is 4.33 Å². The minimum atomic E-state index is -0.918. The van der Waals surface area contributed by atoms with Crippen molar-refractivity contribution in [2.45, 2.75) is 23.6 Å². The van der Waals surface area contributed by atoms with E-state index in [9.17, 15) is 9.59 Å². The molecule has 21 heavy (non-hydrogen) atoms. The topological polar surface area (TPSA) is 70.6 Å². The van der Waals surface area contributed by atoms with Crippen molar-refractivity contribution >= 4 is 46.4 Å². The normalized spacial score (nSPS) is 23.0. The second-order valence-corrected chi connectivity index (χ2v) is 6.72. The van der Waals surface area contributed by atoms with Crippen molar-refractivity contribution in [2.75, 3.05) is 5.32 Å². The van der Waals surface area contributed by atoms with Crippen LogP contribution in [0.25, 0.3) is 0 Å². The van der Waals surface area contributed by atoms with E-state index in [0.29, 0.717) is 24.9 Å². The van der Waals surface area contributed by atoms with Gasteiger partial charge >= 0.3 is 0 Å².